The molecule has 0 aromatic heterocycles. The van der Waals surface area contributed by atoms with E-state index in [2.05, 4.69) is 43.4 Å². The van der Waals surface area contributed by atoms with E-state index in [0.717, 1.165) is 18.5 Å². The molecule has 0 saturated heterocycles. The summed E-state index contributed by atoms with van der Waals surface area (Å²) in [5.41, 5.74) is 3.66. The zero-order valence-corrected chi connectivity index (χ0v) is 13.0. The molecule has 2 aromatic rings. The van der Waals surface area contributed by atoms with Crippen molar-refractivity contribution >= 4 is 17.3 Å². The Morgan fingerprint density at radius 1 is 1.19 bits per heavy atom. The summed E-state index contributed by atoms with van der Waals surface area (Å²) < 4.78 is 13.6. The summed E-state index contributed by atoms with van der Waals surface area (Å²) in [6.45, 7) is 4.56. The van der Waals surface area contributed by atoms with Gasteiger partial charge in [0.25, 0.3) is 0 Å². The van der Waals surface area contributed by atoms with Crippen molar-refractivity contribution in [3.8, 4) is 0 Å². The fourth-order valence-electron chi connectivity index (χ4n) is 3.15. The first-order valence-electron chi connectivity index (χ1n) is 7.28. The quantitative estimate of drug-likeness (QED) is 0.750. The van der Waals surface area contributed by atoms with E-state index in [4.69, 9.17) is 11.6 Å². The SMILES string of the molecule is CC1(C)CCC(Nc2ccc(Cl)c(F)c2)c2ccccc21. The summed E-state index contributed by atoms with van der Waals surface area (Å²) in [4.78, 5) is 0. The third-order valence-corrected chi connectivity index (χ3v) is 4.69. The Morgan fingerprint density at radius 3 is 2.71 bits per heavy atom. The standard InChI is InChI=1S/C18H19ClFN/c1-18(2)10-9-17(13-5-3-4-6-14(13)18)21-12-7-8-15(19)16(20)11-12/h3-8,11,17,21H,9-10H2,1-2H3. The highest BCUT2D eigenvalue weighted by Gasteiger charge is 2.32. The lowest BCUT2D eigenvalue weighted by Gasteiger charge is -2.37. The summed E-state index contributed by atoms with van der Waals surface area (Å²) in [6.07, 6.45) is 2.14. The number of halogens is 2. The number of anilines is 1. The number of benzene rings is 2. The molecule has 1 aliphatic carbocycles. The van der Waals surface area contributed by atoms with Gasteiger partial charge in [0.05, 0.1) is 11.1 Å². The highest BCUT2D eigenvalue weighted by atomic mass is 35.5. The largest absolute Gasteiger partial charge is 0.378 e. The maximum absolute atomic E-state index is 13.6. The third-order valence-electron chi connectivity index (χ3n) is 4.38. The van der Waals surface area contributed by atoms with E-state index in [1.165, 1.54) is 17.2 Å². The average molecular weight is 304 g/mol. The van der Waals surface area contributed by atoms with Gasteiger partial charge in [0.2, 0.25) is 0 Å². The summed E-state index contributed by atoms with van der Waals surface area (Å²) >= 11 is 5.74. The second-order valence-electron chi connectivity index (χ2n) is 6.34. The van der Waals surface area contributed by atoms with Crippen LogP contribution in [0.15, 0.2) is 42.5 Å². The van der Waals surface area contributed by atoms with Gasteiger partial charge in [-0.1, -0.05) is 49.7 Å². The molecule has 110 valence electrons. The van der Waals surface area contributed by atoms with Gasteiger partial charge in [0.15, 0.2) is 0 Å². The van der Waals surface area contributed by atoms with Crippen LogP contribution >= 0.6 is 11.6 Å². The van der Waals surface area contributed by atoms with E-state index in [1.807, 2.05) is 6.07 Å². The van der Waals surface area contributed by atoms with Crippen molar-refractivity contribution in [1.29, 1.82) is 0 Å². The van der Waals surface area contributed by atoms with Gasteiger partial charge >= 0.3 is 0 Å². The predicted octanol–water partition coefficient (Wildman–Crippen LogP) is 5.70. The molecule has 1 atom stereocenters. The van der Waals surface area contributed by atoms with Crippen LogP contribution in [0, 0.1) is 5.82 Å². The zero-order valence-electron chi connectivity index (χ0n) is 12.3. The van der Waals surface area contributed by atoms with Crippen molar-refractivity contribution in [2.75, 3.05) is 5.32 Å². The minimum absolute atomic E-state index is 0.158. The van der Waals surface area contributed by atoms with Crippen molar-refractivity contribution in [2.45, 2.75) is 38.1 Å². The molecule has 0 radical (unpaired) electrons. The minimum atomic E-state index is -0.383. The molecule has 1 unspecified atom stereocenters. The molecule has 0 amide bonds. The number of fused-ring (bicyclic) bond motifs is 1. The topological polar surface area (TPSA) is 12.0 Å². The van der Waals surface area contributed by atoms with Gasteiger partial charge in [-0.15, -0.1) is 0 Å². The molecule has 2 aromatic carbocycles. The Kier molecular flexibility index (Phi) is 3.66. The van der Waals surface area contributed by atoms with E-state index >= 15 is 0 Å². The van der Waals surface area contributed by atoms with Crippen LogP contribution in [0.3, 0.4) is 0 Å². The lowest BCUT2D eigenvalue weighted by molar-refractivity contribution is 0.406. The van der Waals surface area contributed by atoms with Crippen molar-refractivity contribution < 1.29 is 4.39 Å². The van der Waals surface area contributed by atoms with Crippen LogP contribution in [0.4, 0.5) is 10.1 Å². The van der Waals surface area contributed by atoms with Crippen LogP contribution in [0.25, 0.3) is 0 Å². The van der Waals surface area contributed by atoms with Crippen LogP contribution in [0.5, 0.6) is 0 Å². The molecule has 0 spiro atoms. The third kappa shape index (κ3) is 2.77. The second-order valence-corrected chi connectivity index (χ2v) is 6.74. The molecule has 3 rings (SSSR count). The molecular weight excluding hydrogens is 285 g/mol. The molecule has 21 heavy (non-hydrogen) atoms. The molecule has 1 aliphatic rings. The van der Waals surface area contributed by atoms with Crippen LogP contribution in [-0.4, -0.2) is 0 Å². The first kappa shape index (κ1) is 14.4. The van der Waals surface area contributed by atoms with Crippen LogP contribution in [0.1, 0.15) is 43.9 Å². The molecule has 1 nitrogen and oxygen atoms in total. The average Bonchev–Trinajstić information content (AvgIpc) is 2.46. The summed E-state index contributed by atoms with van der Waals surface area (Å²) in [6, 6.07) is 13.6. The predicted molar refractivity (Wildman–Crippen MR) is 86.5 cm³/mol. The molecule has 0 aliphatic heterocycles. The zero-order chi connectivity index (χ0) is 15.0. The van der Waals surface area contributed by atoms with Crippen molar-refractivity contribution in [1.82, 2.24) is 0 Å². The Balaban J connectivity index is 1.92. The normalized spacial score (nSPS) is 19.9. The van der Waals surface area contributed by atoms with Crippen molar-refractivity contribution in [2.24, 2.45) is 0 Å². The van der Waals surface area contributed by atoms with E-state index in [9.17, 15) is 4.39 Å². The molecule has 0 fully saturated rings. The Morgan fingerprint density at radius 2 is 1.95 bits per heavy atom. The number of rotatable bonds is 2. The Hall–Kier alpha value is -1.54. The maximum Gasteiger partial charge on any atom is 0.143 e. The minimum Gasteiger partial charge on any atom is -0.378 e. The highest BCUT2D eigenvalue weighted by Crippen LogP contribution is 2.42. The number of nitrogens with one attached hydrogen (secondary N) is 1. The summed E-state index contributed by atoms with van der Waals surface area (Å²) in [5, 5.41) is 3.60. The maximum atomic E-state index is 13.6. The first-order valence-corrected chi connectivity index (χ1v) is 7.66. The number of hydrogen-bond acceptors (Lipinski definition) is 1. The molecule has 1 N–H and O–H groups in total. The van der Waals surface area contributed by atoms with E-state index in [-0.39, 0.29) is 22.3 Å². The monoisotopic (exact) mass is 303 g/mol. The van der Waals surface area contributed by atoms with Gasteiger partial charge in [-0.25, -0.2) is 4.39 Å². The van der Waals surface area contributed by atoms with Gasteiger partial charge in [0, 0.05) is 5.69 Å². The highest BCUT2D eigenvalue weighted by molar-refractivity contribution is 6.30. The molecular formula is C18H19ClFN. The fourth-order valence-corrected chi connectivity index (χ4v) is 3.27. The molecule has 0 heterocycles. The van der Waals surface area contributed by atoms with Gasteiger partial charge in [-0.2, -0.15) is 0 Å². The van der Waals surface area contributed by atoms with Crippen molar-refractivity contribution in [3.05, 3.63) is 64.4 Å². The van der Waals surface area contributed by atoms with E-state index in [0.29, 0.717) is 0 Å². The summed E-state index contributed by atoms with van der Waals surface area (Å²) in [5.74, 6) is -0.383. The first-order chi connectivity index (χ1) is 9.97. The van der Waals surface area contributed by atoms with Crippen LogP contribution in [-0.2, 0) is 5.41 Å². The van der Waals surface area contributed by atoms with Crippen LogP contribution in [0.2, 0.25) is 5.02 Å². The lowest BCUT2D eigenvalue weighted by atomic mass is 9.71. The second kappa shape index (κ2) is 5.34. The van der Waals surface area contributed by atoms with Crippen molar-refractivity contribution in [3.63, 3.8) is 0 Å². The lowest BCUT2D eigenvalue weighted by Crippen LogP contribution is -2.29. The van der Waals surface area contributed by atoms with Gasteiger partial charge in [-0.05, 0) is 47.6 Å². The van der Waals surface area contributed by atoms with E-state index in [1.54, 1.807) is 6.07 Å². The van der Waals surface area contributed by atoms with Crippen LogP contribution < -0.4 is 5.32 Å². The molecule has 0 bridgehead atoms. The Labute approximate surface area is 130 Å². The fraction of sp³-hybridized carbons (Fsp3) is 0.333. The van der Waals surface area contributed by atoms with Gasteiger partial charge in [-0.3, -0.25) is 0 Å². The number of hydrogen-bond donors (Lipinski definition) is 1. The van der Waals surface area contributed by atoms with Gasteiger partial charge in [0.1, 0.15) is 5.82 Å². The Bertz CT molecular complexity index is 666. The molecule has 0 saturated carbocycles. The smallest absolute Gasteiger partial charge is 0.143 e. The molecule has 3 heteroatoms. The van der Waals surface area contributed by atoms with E-state index < -0.39 is 0 Å². The van der Waals surface area contributed by atoms with Gasteiger partial charge < -0.3 is 5.32 Å². The summed E-state index contributed by atoms with van der Waals surface area (Å²) in [7, 11) is 0.